The normalized spacial score (nSPS) is 19.0. The van der Waals surface area contributed by atoms with E-state index in [4.69, 9.17) is 0 Å². The lowest BCUT2D eigenvalue weighted by atomic mass is 10.1. The van der Waals surface area contributed by atoms with E-state index in [0.717, 1.165) is 0 Å². The predicted molar refractivity (Wildman–Crippen MR) is 43.7 cm³/mol. The number of carbonyl (C=O) groups is 1. The fourth-order valence-electron chi connectivity index (χ4n) is 1.27. The van der Waals surface area contributed by atoms with Gasteiger partial charge in [-0.25, -0.2) is 0 Å². The number of hydrogen-bond donors (Lipinski definition) is 1. The molecule has 62 valence electrons. The van der Waals surface area contributed by atoms with Crippen molar-refractivity contribution in [2.45, 2.75) is 26.3 Å². The second kappa shape index (κ2) is 2.26. The average molecular weight is 154 g/mol. The third kappa shape index (κ3) is 1.37. The van der Waals surface area contributed by atoms with Crippen LogP contribution in [0.3, 0.4) is 0 Å². The van der Waals surface area contributed by atoms with Crippen LogP contribution in [-0.2, 0) is 4.79 Å². The lowest BCUT2D eigenvalue weighted by Crippen LogP contribution is -2.41. The monoisotopic (exact) mass is 154 g/mol. The molecule has 0 aliphatic carbocycles. The standard InChI is InChI=1S/C8H14N2O/c1-6-9-5-7(11)10(6)8(2,3)4/h9H,1,5H2,2-4H3. The van der Waals surface area contributed by atoms with Crippen molar-refractivity contribution in [1.82, 2.24) is 10.2 Å². The van der Waals surface area contributed by atoms with Gasteiger partial charge in [0.1, 0.15) is 5.82 Å². The third-order valence-electron chi connectivity index (χ3n) is 1.63. The molecule has 3 nitrogen and oxygen atoms in total. The van der Waals surface area contributed by atoms with Crippen LogP contribution in [0.5, 0.6) is 0 Å². The summed E-state index contributed by atoms with van der Waals surface area (Å²) in [4.78, 5) is 12.9. The minimum absolute atomic E-state index is 0.0995. The maximum absolute atomic E-state index is 11.2. The summed E-state index contributed by atoms with van der Waals surface area (Å²) in [6.45, 7) is 10.1. The molecule has 3 heteroatoms. The SMILES string of the molecule is C=C1NCC(=O)N1C(C)(C)C. The summed E-state index contributed by atoms with van der Waals surface area (Å²) < 4.78 is 0. The highest BCUT2D eigenvalue weighted by atomic mass is 16.2. The third-order valence-corrected chi connectivity index (χ3v) is 1.63. The number of nitrogens with one attached hydrogen (secondary N) is 1. The molecular formula is C8H14N2O. The second-order valence-electron chi connectivity index (χ2n) is 3.70. The molecule has 1 fully saturated rings. The number of nitrogens with zero attached hydrogens (tertiary/aromatic N) is 1. The number of carbonyl (C=O) groups excluding carboxylic acids is 1. The Hall–Kier alpha value is -0.990. The van der Waals surface area contributed by atoms with Crippen LogP contribution in [0.2, 0.25) is 0 Å². The molecule has 1 saturated heterocycles. The first-order chi connectivity index (χ1) is 4.93. The van der Waals surface area contributed by atoms with E-state index in [0.29, 0.717) is 12.4 Å². The molecule has 0 atom stereocenters. The van der Waals surface area contributed by atoms with Crippen LogP contribution in [0.15, 0.2) is 12.4 Å². The van der Waals surface area contributed by atoms with Gasteiger partial charge in [-0.3, -0.25) is 9.69 Å². The van der Waals surface area contributed by atoms with Crippen molar-refractivity contribution < 1.29 is 4.79 Å². The quantitative estimate of drug-likeness (QED) is 0.556. The molecule has 1 N–H and O–H groups in total. The molecule has 0 bridgehead atoms. The summed E-state index contributed by atoms with van der Waals surface area (Å²) in [5, 5.41) is 2.91. The Morgan fingerprint density at radius 3 is 2.27 bits per heavy atom. The molecule has 11 heavy (non-hydrogen) atoms. The van der Waals surface area contributed by atoms with E-state index >= 15 is 0 Å². The molecule has 1 amide bonds. The van der Waals surface area contributed by atoms with Crippen molar-refractivity contribution in [2.75, 3.05) is 6.54 Å². The van der Waals surface area contributed by atoms with Crippen molar-refractivity contribution in [1.29, 1.82) is 0 Å². The summed E-state index contributed by atoms with van der Waals surface area (Å²) >= 11 is 0. The Kier molecular flexibility index (Phi) is 1.66. The van der Waals surface area contributed by atoms with Crippen LogP contribution < -0.4 is 5.32 Å². The Morgan fingerprint density at radius 1 is 1.55 bits per heavy atom. The molecule has 0 aromatic rings. The molecule has 0 spiro atoms. The predicted octanol–water partition coefficient (Wildman–Crippen LogP) is 0.688. The lowest BCUT2D eigenvalue weighted by molar-refractivity contribution is -0.129. The molecule has 0 unspecified atom stereocenters. The van der Waals surface area contributed by atoms with Gasteiger partial charge in [-0.05, 0) is 20.8 Å². The van der Waals surface area contributed by atoms with Gasteiger partial charge in [0, 0.05) is 5.54 Å². The number of rotatable bonds is 0. The van der Waals surface area contributed by atoms with Crippen LogP contribution in [0.1, 0.15) is 20.8 Å². The van der Waals surface area contributed by atoms with Gasteiger partial charge < -0.3 is 5.32 Å². The van der Waals surface area contributed by atoms with Gasteiger partial charge in [0.15, 0.2) is 0 Å². The minimum Gasteiger partial charge on any atom is -0.363 e. The van der Waals surface area contributed by atoms with Gasteiger partial charge in [0.2, 0.25) is 5.91 Å². The summed E-state index contributed by atoms with van der Waals surface area (Å²) in [5.74, 6) is 0.810. The van der Waals surface area contributed by atoms with Gasteiger partial charge in [-0.1, -0.05) is 6.58 Å². The first kappa shape index (κ1) is 8.11. The number of amides is 1. The van der Waals surface area contributed by atoms with Gasteiger partial charge >= 0.3 is 0 Å². The second-order valence-corrected chi connectivity index (χ2v) is 3.70. The van der Waals surface area contributed by atoms with Crippen LogP contribution in [-0.4, -0.2) is 22.9 Å². The van der Waals surface area contributed by atoms with E-state index < -0.39 is 0 Å². The van der Waals surface area contributed by atoms with Crippen LogP contribution >= 0.6 is 0 Å². The Labute approximate surface area is 67.1 Å². The highest BCUT2D eigenvalue weighted by molar-refractivity contribution is 5.83. The van der Waals surface area contributed by atoms with Gasteiger partial charge in [-0.15, -0.1) is 0 Å². The summed E-state index contributed by atoms with van der Waals surface area (Å²) in [6, 6.07) is 0. The van der Waals surface area contributed by atoms with E-state index in [2.05, 4.69) is 11.9 Å². The summed E-state index contributed by atoms with van der Waals surface area (Å²) in [6.07, 6.45) is 0. The Bertz CT molecular complexity index is 187. The van der Waals surface area contributed by atoms with Crippen molar-refractivity contribution in [3.63, 3.8) is 0 Å². The van der Waals surface area contributed by atoms with Gasteiger partial charge in [-0.2, -0.15) is 0 Å². The first-order valence-electron chi connectivity index (χ1n) is 3.69. The van der Waals surface area contributed by atoms with Crippen molar-refractivity contribution in [3.8, 4) is 0 Å². The van der Waals surface area contributed by atoms with Crippen molar-refractivity contribution in [2.24, 2.45) is 0 Å². The lowest BCUT2D eigenvalue weighted by Gasteiger charge is -2.31. The van der Waals surface area contributed by atoms with E-state index in [-0.39, 0.29) is 11.4 Å². The zero-order valence-corrected chi connectivity index (χ0v) is 7.27. The van der Waals surface area contributed by atoms with E-state index in [1.165, 1.54) is 0 Å². The van der Waals surface area contributed by atoms with E-state index in [9.17, 15) is 4.79 Å². The fraction of sp³-hybridized carbons (Fsp3) is 0.625. The Morgan fingerprint density at radius 2 is 2.09 bits per heavy atom. The first-order valence-corrected chi connectivity index (χ1v) is 3.69. The molecule has 1 heterocycles. The molecule has 0 radical (unpaired) electrons. The zero-order valence-electron chi connectivity index (χ0n) is 7.27. The molecule has 1 aliphatic rings. The topological polar surface area (TPSA) is 32.3 Å². The highest BCUT2D eigenvalue weighted by Gasteiger charge is 2.32. The highest BCUT2D eigenvalue weighted by Crippen LogP contribution is 2.20. The zero-order chi connectivity index (χ0) is 8.65. The maximum Gasteiger partial charge on any atom is 0.247 e. The van der Waals surface area contributed by atoms with Crippen LogP contribution in [0.25, 0.3) is 0 Å². The molecule has 0 saturated carbocycles. The fourth-order valence-corrected chi connectivity index (χ4v) is 1.27. The Balaban J connectivity index is 2.85. The molecule has 1 aliphatic heterocycles. The molecular weight excluding hydrogens is 140 g/mol. The average Bonchev–Trinajstić information content (AvgIpc) is 2.08. The van der Waals surface area contributed by atoms with Crippen molar-refractivity contribution in [3.05, 3.63) is 12.4 Å². The van der Waals surface area contributed by atoms with E-state index in [1.807, 2.05) is 20.8 Å². The van der Waals surface area contributed by atoms with Crippen LogP contribution in [0, 0.1) is 0 Å². The summed E-state index contributed by atoms with van der Waals surface area (Å²) in [5.41, 5.74) is -0.155. The summed E-state index contributed by atoms with van der Waals surface area (Å²) in [7, 11) is 0. The maximum atomic E-state index is 11.2. The van der Waals surface area contributed by atoms with E-state index in [1.54, 1.807) is 4.90 Å². The number of hydrogen-bond acceptors (Lipinski definition) is 2. The smallest absolute Gasteiger partial charge is 0.247 e. The molecule has 0 aromatic carbocycles. The molecule has 1 rings (SSSR count). The van der Waals surface area contributed by atoms with Crippen LogP contribution in [0.4, 0.5) is 0 Å². The van der Waals surface area contributed by atoms with Crippen molar-refractivity contribution >= 4 is 5.91 Å². The van der Waals surface area contributed by atoms with Gasteiger partial charge in [0.25, 0.3) is 0 Å². The minimum atomic E-state index is -0.155. The van der Waals surface area contributed by atoms with Gasteiger partial charge in [0.05, 0.1) is 6.54 Å². The molecule has 0 aromatic heterocycles. The largest absolute Gasteiger partial charge is 0.363 e.